The van der Waals surface area contributed by atoms with Crippen LogP contribution >= 0.6 is 0 Å². The maximum atomic E-state index is 5.71. The van der Waals surface area contributed by atoms with Crippen molar-refractivity contribution in [3.8, 4) is 0 Å². The lowest BCUT2D eigenvalue weighted by Crippen LogP contribution is -2.42. The predicted molar refractivity (Wildman–Crippen MR) is 66.7 cm³/mol. The molecular formula is C13H26N2O. The standard InChI is InChI=1S/C13H26N2O/c1-11-5-8-16-13(11)9-14-12(2)10-15-6-3-4-7-15/h11-14H,3-10H2,1-2H3. The molecule has 0 radical (unpaired) electrons. The molecule has 3 heteroatoms. The first-order valence-corrected chi connectivity index (χ1v) is 6.83. The summed E-state index contributed by atoms with van der Waals surface area (Å²) in [7, 11) is 0. The van der Waals surface area contributed by atoms with E-state index in [1.807, 2.05) is 0 Å². The lowest BCUT2D eigenvalue weighted by Gasteiger charge is -2.23. The summed E-state index contributed by atoms with van der Waals surface area (Å²) in [6, 6.07) is 0.592. The molecule has 0 amide bonds. The summed E-state index contributed by atoms with van der Waals surface area (Å²) >= 11 is 0. The minimum Gasteiger partial charge on any atom is -0.377 e. The molecule has 2 aliphatic rings. The molecule has 2 heterocycles. The van der Waals surface area contributed by atoms with Crippen LogP contribution in [0.25, 0.3) is 0 Å². The Kier molecular flexibility index (Phi) is 4.62. The number of hydrogen-bond acceptors (Lipinski definition) is 3. The summed E-state index contributed by atoms with van der Waals surface area (Å²) in [4.78, 5) is 2.57. The van der Waals surface area contributed by atoms with Gasteiger partial charge in [0.1, 0.15) is 0 Å². The average Bonchev–Trinajstić information content (AvgIpc) is 2.87. The summed E-state index contributed by atoms with van der Waals surface area (Å²) in [5.74, 6) is 0.728. The van der Waals surface area contributed by atoms with Gasteiger partial charge in [-0.2, -0.15) is 0 Å². The summed E-state index contributed by atoms with van der Waals surface area (Å²) in [5.41, 5.74) is 0. The van der Waals surface area contributed by atoms with E-state index in [1.165, 1.54) is 38.9 Å². The van der Waals surface area contributed by atoms with Gasteiger partial charge >= 0.3 is 0 Å². The van der Waals surface area contributed by atoms with Crippen molar-refractivity contribution in [1.29, 1.82) is 0 Å². The van der Waals surface area contributed by atoms with Gasteiger partial charge in [0.25, 0.3) is 0 Å². The quantitative estimate of drug-likeness (QED) is 0.768. The van der Waals surface area contributed by atoms with Gasteiger partial charge in [-0.3, -0.25) is 0 Å². The van der Waals surface area contributed by atoms with Gasteiger partial charge in [0.05, 0.1) is 6.10 Å². The Balaban J connectivity index is 1.61. The minimum atomic E-state index is 0.445. The Morgan fingerprint density at radius 3 is 2.75 bits per heavy atom. The molecule has 0 aromatic carbocycles. The highest BCUT2D eigenvalue weighted by molar-refractivity contribution is 4.78. The van der Waals surface area contributed by atoms with E-state index in [1.54, 1.807) is 0 Å². The second-order valence-corrected chi connectivity index (χ2v) is 5.49. The average molecular weight is 226 g/mol. The zero-order chi connectivity index (χ0) is 11.4. The molecule has 0 saturated carbocycles. The molecule has 2 rings (SSSR count). The Labute approximate surface area is 99.5 Å². The van der Waals surface area contributed by atoms with Gasteiger partial charge in [-0.1, -0.05) is 6.92 Å². The number of likely N-dealkylation sites (tertiary alicyclic amines) is 1. The van der Waals surface area contributed by atoms with Crippen LogP contribution in [0, 0.1) is 5.92 Å². The van der Waals surface area contributed by atoms with Crippen LogP contribution in [0.4, 0.5) is 0 Å². The molecule has 3 atom stereocenters. The maximum Gasteiger partial charge on any atom is 0.0725 e. The molecular weight excluding hydrogens is 200 g/mol. The minimum absolute atomic E-state index is 0.445. The zero-order valence-corrected chi connectivity index (χ0v) is 10.7. The molecule has 3 nitrogen and oxygen atoms in total. The summed E-state index contributed by atoms with van der Waals surface area (Å²) in [6.07, 6.45) is 4.44. The smallest absolute Gasteiger partial charge is 0.0725 e. The van der Waals surface area contributed by atoms with Crippen LogP contribution in [0.5, 0.6) is 0 Å². The van der Waals surface area contributed by atoms with Crippen LogP contribution < -0.4 is 5.32 Å². The lowest BCUT2D eigenvalue weighted by atomic mass is 10.0. The summed E-state index contributed by atoms with van der Waals surface area (Å²) in [6.45, 7) is 10.3. The van der Waals surface area contributed by atoms with Gasteiger partial charge in [0, 0.05) is 25.7 Å². The van der Waals surface area contributed by atoms with Crippen molar-refractivity contribution in [3.63, 3.8) is 0 Å². The Hall–Kier alpha value is -0.120. The molecule has 0 bridgehead atoms. The number of rotatable bonds is 5. The van der Waals surface area contributed by atoms with Crippen LogP contribution in [-0.4, -0.2) is 49.8 Å². The predicted octanol–water partition coefficient (Wildman–Crippen LogP) is 1.49. The normalized spacial score (nSPS) is 33.4. The highest BCUT2D eigenvalue weighted by atomic mass is 16.5. The van der Waals surface area contributed by atoms with Crippen LogP contribution in [0.2, 0.25) is 0 Å². The third-order valence-corrected chi connectivity index (χ3v) is 3.94. The summed E-state index contributed by atoms with van der Waals surface area (Å²) < 4.78 is 5.71. The zero-order valence-electron chi connectivity index (χ0n) is 10.7. The van der Waals surface area contributed by atoms with Gasteiger partial charge in [0.2, 0.25) is 0 Å². The summed E-state index contributed by atoms with van der Waals surface area (Å²) in [5, 5.41) is 3.62. The highest BCUT2D eigenvalue weighted by Gasteiger charge is 2.24. The van der Waals surface area contributed by atoms with Crippen molar-refractivity contribution < 1.29 is 4.74 Å². The fourth-order valence-corrected chi connectivity index (χ4v) is 2.75. The van der Waals surface area contributed by atoms with E-state index in [4.69, 9.17) is 4.74 Å². The molecule has 16 heavy (non-hydrogen) atoms. The fraction of sp³-hybridized carbons (Fsp3) is 1.00. The van der Waals surface area contributed by atoms with Crippen LogP contribution in [0.3, 0.4) is 0 Å². The molecule has 2 fully saturated rings. The first-order valence-electron chi connectivity index (χ1n) is 6.83. The van der Waals surface area contributed by atoms with Gasteiger partial charge in [-0.15, -0.1) is 0 Å². The van der Waals surface area contributed by atoms with Crippen LogP contribution in [-0.2, 0) is 4.74 Å². The largest absolute Gasteiger partial charge is 0.377 e. The Bertz CT molecular complexity index is 204. The molecule has 1 N–H and O–H groups in total. The third kappa shape index (κ3) is 3.44. The lowest BCUT2D eigenvalue weighted by molar-refractivity contribution is 0.0899. The van der Waals surface area contributed by atoms with Crippen LogP contribution in [0.15, 0.2) is 0 Å². The van der Waals surface area contributed by atoms with Gasteiger partial charge < -0.3 is 15.0 Å². The van der Waals surface area contributed by atoms with Crippen molar-refractivity contribution >= 4 is 0 Å². The van der Waals surface area contributed by atoms with Gasteiger partial charge in [-0.25, -0.2) is 0 Å². The highest BCUT2D eigenvalue weighted by Crippen LogP contribution is 2.19. The van der Waals surface area contributed by atoms with Crippen LogP contribution in [0.1, 0.15) is 33.1 Å². The fourth-order valence-electron chi connectivity index (χ4n) is 2.75. The van der Waals surface area contributed by atoms with E-state index in [9.17, 15) is 0 Å². The SMILES string of the molecule is CC(CN1CCCC1)NCC1OCCC1C. The number of nitrogens with one attached hydrogen (secondary N) is 1. The topological polar surface area (TPSA) is 24.5 Å². The first-order chi connectivity index (χ1) is 7.75. The molecule has 2 saturated heterocycles. The Morgan fingerprint density at radius 1 is 1.38 bits per heavy atom. The maximum absolute atomic E-state index is 5.71. The molecule has 0 spiro atoms. The van der Waals surface area contributed by atoms with E-state index < -0.39 is 0 Å². The van der Waals surface area contributed by atoms with E-state index in [0.29, 0.717) is 12.1 Å². The van der Waals surface area contributed by atoms with E-state index in [2.05, 4.69) is 24.1 Å². The number of ether oxygens (including phenoxy) is 1. The first kappa shape index (κ1) is 12.3. The molecule has 0 aromatic rings. The Morgan fingerprint density at radius 2 is 2.12 bits per heavy atom. The molecule has 0 aromatic heterocycles. The monoisotopic (exact) mass is 226 g/mol. The van der Waals surface area contributed by atoms with Crippen molar-refractivity contribution in [2.75, 3.05) is 32.8 Å². The van der Waals surface area contributed by atoms with E-state index in [-0.39, 0.29) is 0 Å². The molecule has 94 valence electrons. The van der Waals surface area contributed by atoms with Crippen molar-refractivity contribution in [2.45, 2.75) is 45.3 Å². The number of nitrogens with zero attached hydrogens (tertiary/aromatic N) is 1. The molecule has 0 aliphatic carbocycles. The second kappa shape index (κ2) is 5.99. The van der Waals surface area contributed by atoms with Crippen molar-refractivity contribution in [2.24, 2.45) is 5.92 Å². The molecule has 2 aliphatic heterocycles. The van der Waals surface area contributed by atoms with Gasteiger partial charge in [-0.05, 0) is 45.2 Å². The van der Waals surface area contributed by atoms with Crippen molar-refractivity contribution in [1.82, 2.24) is 10.2 Å². The van der Waals surface area contributed by atoms with Crippen molar-refractivity contribution in [3.05, 3.63) is 0 Å². The van der Waals surface area contributed by atoms with E-state index >= 15 is 0 Å². The van der Waals surface area contributed by atoms with E-state index in [0.717, 1.165) is 19.1 Å². The second-order valence-electron chi connectivity index (χ2n) is 5.49. The molecule has 3 unspecified atom stereocenters. The number of hydrogen-bond donors (Lipinski definition) is 1. The van der Waals surface area contributed by atoms with Gasteiger partial charge in [0.15, 0.2) is 0 Å². The third-order valence-electron chi connectivity index (χ3n) is 3.94.